The second kappa shape index (κ2) is 8.37. The topological polar surface area (TPSA) is 174 Å². The predicted molar refractivity (Wildman–Crippen MR) is 105 cm³/mol. The smallest absolute Gasteiger partial charge is 0.352 e. The molecule has 0 aliphatic carbocycles. The van der Waals surface area contributed by atoms with Crippen molar-refractivity contribution in [1.82, 2.24) is 20.0 Å². The van der Waals surface area contributed by atoms with Gasteiger partial charge in [0.2, 0.25) is 5.91 Å². The summed E-state index contributed by atoms with van der Waals surface area (Å²) in [6, 6.07) is -1.90. The summed E-state index contributed by atoms with van der Waals surface area (Å²) in [5, 5.41) is 26.4. The van der Waals surface area contributed by atoms with Gasteiger partial charge in [0.25, 0.3) is 5.91 Å². The van der Waals surface area contributed by atoms with Crippen molar-refractivity contribution < 1.29 is 33.9 Å². The Balaban J connectivity index is 1.73. The number of esters is 1. The number of nitrogens with one attached hydrogen (secondary N) is 1. The highest BCUT2D eigenvalue weighted by Gasteiger charge is 2.54. The number of hydrogen-bond donors (Lipinski definition) is 2. The fourth-order valence-electron chi connectivity index (χ4n) is 3.23. The van der Waals surface area contributed by atoms with E-state index < -0.39 is 46.1 Å². The Morgan fingerprint density at radius 2 is 2.16 bits per heavy atom. The average Bonchev–Trinajstić information content (AvgIpc) is 3.10. The van der Waals surface area contributed by atoms with Gasteiger partial charge in [-0.05, 0) is 13.8 Å². The van der Waals surface area contributed by atoms with E-state index in [0.29, 0.717) is 0 Å². The van der Waals surface area contributed by atoms with E-state index in [0.717, 1.165) is 15.8 Å². The van der Waals surface area contributed by atoms with E-state index >= 15 is 0 Å². The third-order valence-electron chi connectivity index (χ3n) is 4.86. The van der Waals surface area contributed by atoms with Crippen LogP contribution in [0.1, 0.15) is 25.6 Å². The van der Waals surface area contributed by atoms with Gasteiger partial charge >= 0.3 is 17.6 Å². The van der Waals surface area contributed by atoms with Gasteiger partial charge in [0.05, 0.1) is 4.92 Å². The summed E-state index contributed by atoms with van der Waals surface area (Å²) < 4.78 is 6.00. The van der Waals surface area contributed by atoms with Crippen molar-refractivity contribution in [2.24, 2.45) is 0 Å². The second-order valence-electron chi connectivity index (χ2n) is 6.95. The standard InChI is InChI=1S/C17H19N5O8S/c1-7-11(22(28)29)4-20(19-7)8(2)14(24)18-12-15(25)21-13(17(26)27)10(5-30-9(3)23)6-31-16(12)21/h4,8,12,16H,5-6H2,1-3H3,(H,18,24)(H,26,27)/t8-,12+,16-/m1/s1. The number of β-lactam (4-membered cyclic amide) rings is 1. The maximum absolute atomic E-state index is 12.6. The molecule has 0 saturated carbocycles. The number of aromatic nitrogens is 2. The molecule has 166 valence electrons. The average molecular weight is 453 g/mol. The number of amides is 2. The molecule has 3 rings (SSSR count). The van der Waals surface area contributed by atoms with Crippen molar-refractivity contribution >= 4 is 41.2 Å². The van der Waals surface area contributed by atoms with Crippen molar-refractivity contribution in [3.63, 3.8) is 0 Å². The highest BCUT2D eigenvalue weighted by atomic mass is 32.2. The fourth-order valence-corrected chi connectivity index (χ4v) is 4.55. The molecule has 0 spiro atoms. The molecule has 1 fully saturated rings. The summed E-state index contributed by atoms with van der Waals surface area (Å²) in [6.07, 6.45) is 1.14. The minimum Gasteiger partial charge on any atom is -0.477 e. The van der Waals surface area contributed by atoms with Crippen molar-refractivity contribution in [3.8, 4) is 0 Å². The lowest BCUT2D eigenvalue weighted by Crippen LogP contribution is -2.71. The number of nitro groups is 1. The van der Waals surface area contributed by atoms with Gasteiger partial charge in [0.15, 0.2) is 0 Å². The fraction of sp³-hybridized carbons (Fsp3) is 0.471. The second-order valence-corrected chi connectivity index (χ2v) is 8.05. The van der Waals surface area contributed by atoms with Gasteiger partial charge in [-0.15, -0.1) is 11.8 Å². The quantitative estimate of drug-likeness (QED) is 0.247. The van der Waals surface area contributed by atoms with Crippen LogP contribution in [0.4, 0.5) is 5.69 Å². The van der Waals surface area contributed by atoms with E-state index in [1.54, 1.807) is 0 Å². The van der Waals surface area contributed by atoms with Crippen molar-refractivity contribution in [3.05, 3.63) is 33.3 Å². The Bertz CT molecular complexity index is 1020. The first-order chi connectivity index (χ1) is 14.5. The van der Waals surface area contributed by atoms with Crippen LogP contribution in [0.25, 0.3) is 0 Å². The lowest BCUT2D eigenvalue weighted by atomic mass is 10.0. The molecular weight excluding hydrogens is 434 g/mol. The molecule has 1 aromatic heterocycles. The molecule has 0 bridgehead atoms. The summed E-state index contributed by atoms with van der Waals surface area (Å²) >= 11 is 1.23. The van der Waals surface area contributed by atoms with Gasteiger partial charge in [0.1, 0.15) is 41.7 Å². The summed E-state index contributed by atoms with van der Waals surface area (Å²) in [5.74, 6) is -2.91. The van der Waals surface area contributed by atoms with E-state index in [1.165, 1.54) is 32.5 Å². The van der Waals surface area contributed by atoms with E-state index in [4.69, 9.17) is 4.74 Å². The van der Waals surface area contributed by atoms with Crippen LogP contribution in [0.15, 0.2) is 17.5 Å². The normalized spacial score (nSPS) is 21.1. The number of carboxylic acids is 1. The molecule has 2 aliphatic rings. The Morgan fingerprint density at radius 3 is 2.71 bits per heavy atom. The number of carboxylic acid groups (broad SMARTS) is 1. The number of fused-ring (bicyclic) bond motifs is 1. The lowest BCUT2D eigenvalue weighted by Gasteiger charge is -2.49. The zero-order valence-corrected chi connectivity index (χ0v) is 17.5. The highest BCUT2D eigenvalue weighted by Crippen LogP contribution is 2.40. The number of hydrogen-bond acceptors (Lipinski definition) is 9. The molecule has 3 atom stereocenters. The van der Waals surface area contributed by atoms with E-state index in [2.05, 4.69) is 10.4 Å². The van der Waals surface area contributed by atoms with Gasteiger partial charge in [-0.3, -0.25) is 34.1 Å². The van der Waals surface area contributed by atoms with E-state index in [1.807, 2.05) is 0 Å². The van der Waals surface area contributed by atoms with Crippen LogP contribution in [-0.2, 0) is 23.9 Å². The number of carbonyl (C=O) groups excluding carboxylic acids is 3. The lowest BCUT2D eigenvalue weighted by molar-refractivity contribution is -0.385. The number of carbonyl (C=O) groups is 4. The monoisotopic (exact) mass is 453 g/mol. The molecule has 2 N–H and O–H groups in total. The van der Waals surface area contributed by atoms with Crippen molar-refractivity contribution in [2.75, 3.05) is 12.4 Å². The molecule has 1 saturated heterocycles. The molecule has 0 unspecified atom stereocenters. The maximum atomic E-state index is 12.6. The highest BCUT2D eigenvalue weighted by molar-refractivity contribution is 8.00. The Morgan fingerprint density at radius 1 is 1.48 bits per heavy atom. The molecule has 2 amide bonds. The Labute approximate surface area is 179 Å². The van der Waals surface area contributed by atoms with E-state index in [9.17, 15) is 34.4 Å². The van der Waals surface area contributed by atoms with Crippen LogP contribution in [0.5, 0.6) is 0 Å². The van der Waals surface area contributed by atoms with Gasteiger partial charge < -0.3 is 15.2 Å². The Hall–Kier alpha value is -3.42. The van der Waals surface area contributed by atoms with Gasteiger partial charge in [0, 0.05) is 18.2 Å². The molecule has 14 heteroatoms. The van der Waals surface area contributed by atoms with Crippen LogP contribution in [0.3, 0.4) is 0 Å². The van der Waals surface area contributed by atoms with Crippen LogP contribution < -0.4 is 5.32 Å². The molecular formula is C17H19N5O8S. The minimum absolute atomic E-state index is 0.148. The number of thioether (sulfide) groups is 1. The molecule has 0 radical (unpaired) electrons. The van der Waals surface area contributed by atoms with Gasteiger partial charge in [-0.25, -0.2) is 4.79 Å². The molecule has 0 aromatic carbocycles. The number of nitrogens with zero attached hydrogens (tertiary/aromatic N) is 4. The molecule has 31 heavy (non-hydrogen) atoms. The van der Waals surface area contributed by atoms with Gasteiger partial charge in [-0.1, -0.05) is 0 Å². The SMILES string of the molecule is CC(=O)OCC1=C(C(=O)O)N2C(=O)[C@H](NC(=O)[C@@H](C)n3cc([N+](=O)[O-])c(C)n3)[C@H]2SC1. The van der Waals surface area contributed by atoms with E-state index in [-0.39, 0.29) is 35.0 Å². The van der Waals surface area contributed by atoms with Crippen LogP contribution in [0.2, 0.25) is 0 Å². The summed E-state index contributed by atoms with van der Waals surface area (Å²) in [6.45, 7) is 3.86. The van der Waals surface area contributed by atoms with Crippen LogP contribution >= 0.6 is 11.8 Å². The number of ether oxygens (including phenoxy) is 1. The zero-order chi connectivity index (χ0) is 23.0. The largest absolute Gasteiger partial charge is 0.477 e. The molecule has 2 aliphatic heterocycles. The first-order valence-electron chi connectivity index (χ1n) is 9.06. The van der Waals surface area contributed by atoms with Gasteiger partial charge in [-0.2, -0.15) is 5.10 Å². The third-order valence-corrected chi connectivity index (χ3v) is 6.20. The number of aliphatic carboxylic acids is 1. The minimum atomic E-state index is -1.33. The first-order valence-corrected chi connectivity index (χ1v) is 10.1. The van der Waals surface area contributed by atoms with Crippen LogP contribution in [-0.4, -0.2) is 72.2 Å². The number of rotatable bonds is 7. The molecule has 13 nitrogen and oxygen atoms in total. The van der Waals surface area contributed by atoms with Crippen molar-refractivity contribution in [2.45, 2.75) is 38.2 Å². The molecule has 1 aromatic rings. The first kappa shape index (κ1) is 22.3. The van der Waals surface area contributed by atoms with Crippen molar-refractivity contribution in [1.29, 1.82) is 0 Å². The number of aryl methyl sites for hydroxylation is 1. The maximum Gasteiger partial charge on any atom is 0.352 e. The summed E-state index contributed by atoms with van der Waals surface area (Å²) in [4.78, 5) is 59.4. The molecule has 3 heterocycles. The Kier molecular flexibility index (Phi) is 6.01. The summed E-state index contributed by atoms with van der Waals surface area (Å²) in [7, 11) is 0. The zero-order valence-electron chi connectivity index (χ0n) is 16.7. The third kappa shape index (κ3) is 4.10. The van der Waals surface area contributed by atoms with Crippen LogP contribution in [0, 0.1) is 17.0 Å². The predicted octanol–water partition coefficient (Wildman–Crippen LogP) is -0.0376. The summed E-state index contributed by atoms with van der Waals surface area (Å²) in [5.41, 5.74) is -0.0542.